The normalized spacial score (nSPS) is 19.2. The van der Waals surface area contributed by atoms with Gasteiger partial charge in [-0.15, -0.1) is 0 Å². The summed E-state index contributed by atoms with van der Waals surface area (Å²) in [7, 11) is -1.42. The monoisotopic (exact) mass is 374 g/mol. The molecule has 0 unspecified atom stereocenters. The zero-order valence-corrected chi connectivity index (χ0v) is 15.2. The van der Waals surface area contributed by atoms with Gasteiger partial charge in [0.05, 0.1) is 16.9 Å². The van der Waals surface area contributed by atoms with E-state index < -0.39 is 21.8 Å². The molecule has 3 aromatic heterocycles. The highest BCUT2D eigenvalue weighted by molar-refractivity contribution is 7.91. The SMILES string of the molecule is Cc1ccc2nc3c(cc(C(=O)N[C@H]4CCS(=O)(=O)C4)n3C)c(=O)n2c1. The predicted molar refractivity (Wildman–Crippen MR) is 97.2 cm³/mol. The van der Waals surface area contributed by atoms with Crippen LogP contribution in [-0.4, -0.2) is 45.8 Å². The molecule has 9 heteroatoms. The predicted octanol–water partition coefficient (Wildman–Crippen LogP) is 0.412. The maximum absolute atomic E-state index is 12.8. The van der Waals surface area contributed by atoms with Crippen molar-refractivity contribution in [1.82, 2.24) is 19.3 Å². The fourth-order valence-electron chi connectivity index (χ4n) is 3.36. The Morgan fingerprint density at radius 1 is 1.35 bits per heavy atom. The van der Waals surface area contributed by atoms with Crippen LogP contribution in [0.1, 0.15) is 22.5 Å². The number of rotatable bonds is 2. The van der Waals surface area contributed by atoms with Crippen LogP contribution in [0.5, 0.6) is 0 Å². The Morgan fingerprint density at radius 2 is 2.12 bits per heavy atom. The number of carbonyl (C=O) groups is 1. The molecule has 0 spiro atoms. The second-order valence-electron chi connectivity index (χ2n) is 6.75. The summed E-state index contributed by atoms with van der Waals surface area (Å²) in [5, 5.41) is 3.09. The first-order valence-corrected chi connectivity index (χ1v) is 10.1. The number of sulfone groups is 1. The zero-order chi connectivity index (χ0) is 18.6. The molecule has 1 N–H and O–H groups in total. The van der Waals surface area contributed by atoms with Gasteiger partial charge in [0.1, 0.15) is 17.0 Å². The van der Waals surface area contributed by atoms with E-state index in [1.807, 2.05) is 13.0 Å². The lowest BCUT2D eigenvalue weighted by Gasteiger charge is -2.11. The minimum absolute atomic E-state index is 0.0489. The molecule has 8 nitrogen and oxygen atoms in total. The first-order valence-electron chi connectivity index (χ1n) is 8.25. The van der Waals surface area contributed by atoms with Gasteiger partial charge >= 0.3 is 0 Å². The Morgan fingerprint density at radius 3 is 2.81 bits per heavy atom. The minimum atomic E-state index is -3.08. The average molecular weight is 374 g/mol. The second kappa shape index (κ2) is 5.66. The average Bonchev–Trinajstić information content (AvgIpc) is 3.08. The lowest BCUT2D eigenvalue weighted by molar-refractivity contribution is 0.0933. The molecule has 1 atom stereocenters. The van der Waals surface area contributed by atoms with Gasteiger partial charge < -0.3 is 9.88 Å². The van der Waals surface area contributed by atoms with Crippen molar-refractivity contribution < 1.29 is 13.2 Å². The molecule has 0 aromatic carbocycles. The molecular formula is C17H18N4O4S. The number of amides is 1. The number of hydrogen-bond acceptors (Lipinski definition) is 5. The standard InChI is InChI=1S/C17H18N4O4S/c1-10-3-4-14-19-15-12(17(23)21(14)8-10)7-13(20(15)2)16(22)18-11-5-6-26(24,25)9-11/h3-4,7-8,11H,5-6,9H2,1-2H3,(H,18,22)/t11-/m0/s1. The van der Waals surface area contributed by atoms with Crippen molar-refractivity contribution in [3.05, 3.63) is 46.0 Å². The molecule has 1 aliphatic rings. The summed E-state index contributed by atoms with van der Waals surface area (Å²) in [5.74, 6) is -0.370. The highest BCUT2D eigenvalue weighted by atomic mass is 32.2. The van der Waals surface area contributed by atoms with Crippen LogP contribution in [0.4, 0.5) is 0 Å². The maximum atomic E-state index is 12.8. The summed E-state index contributed by atoms with van der Waals surface area (Å²) < 4.78 is 26.2. The third-order valence-corrected chi connectivity index (χ3v) is 6.51. The van der Waals surface area contributed by atoms with Crippen LogP contribution in [0, 0.1) is 6.92 Å². The lowest BCUT2D eigenvalue weighted by atomic mass is 10.2. The van der Waals surface area contributed by atoms with Crippen LogP contribution < -0.4 is 10.9 Å². The first kappa shape index (κ1) is 16.8. The van der Waals surface area contributed by atoms with Gasteiger partial charge in [0.2, 0.25) is 0 Å². The Hall–Kier alpha value is -2.68. The Labute approximate surface area is 149 Å². The van der Waals surface area contributed by atoms with Gasteiger partial charge in [-0.05, 0) is 31.0 Å². The van der Waals surface area contributed by atoms with Crippen LogP contribution in [-0.2, 0) is 16.9 Å². The van der Waals surface area contributed by atoms with Gasteiger partial charge in [0, 0.05) is 19.3 Å². The summed E-state index contributed by atoms with van der Waals surface area (Å²) in [6.45, 7) is 1.88. The van der Waals surface area contributed by atoms with E-state index in [1.165, 1.54) is 10.5 Å². The molecule has 0 aliphatic carbocycles. The number of carbonyl (C=O) groups excluding carboxylic acids is 1. The summed E-state index contributed by atoms with van der Waals surface area (Å²) in [6.07, 6.45) is 2.11. The van der Waals surface area contributed by atoms with Crippen LogP contribution in [0.25, 0.3) is 16.7 Å². The molecule has 136 valence electrons. The van der Waals surface area contributed by atoms with E-state index in [0.717, 1.165) is 5.56 Å². The van der Waals surface area contributed by atoms with Crippen LogP contribution in [0.3, 0.4) is 0 Å². The number of nitrogens with one attached hydrogen (secondary N) is 1. The molecular weight excluding hydrogens is 356 g/mol. The fraction of sp³-hybridized carbons (Fsp3) is 0.353. The molecule has 1 saturated heterocycles. The van der Waals surface area contributed by atoms with Gasteiger partial charge in [-0.25, -0.2) is 13.4 Å². The fourth-order valence-corrected chi connectivity index (χ4v) is 5.04. The van der Waals surface area contributed by atoms with E-state index in [1.54, 1.807) is 23.9 Å². The molecule has 0 radical (unpaired) electrons. The van der Waals surface area contributed by atoms with Gasteiger partial charge in [0.15, 0.2) is 9.84 Å². The molecule has 3 aromatic rings. The maximum Gasteiger partial charge on any atom is 0.268 e. The smallest absolute Gasteiger partial charge is 0.268 e. The number of hydrogen-bond donors (Lipinski definition) is 1. The number of pyridine rings is 1. The summed E-state index contributed by atoms with van der Waals surface area (Å²) in [6, 6.07) is 4.73. The minimum Gasteiger partial charge on any atom is -0.347 e. The summed E-state index contributed by atoms with van der Waals surface area (Å²) in [4.78, 5) is 29.8. The Kier molecular flexibility index (Phi) is 3.65. The third kappa shape index (κ3) is 2.68. The molecule has 0 saturated carbocycles. The highest BCUT2D eigenvalue weighted by Crippen LogP contribution is 2.17. The zero-order valence-electron chi connectivity index (χ0n) is 14.4. The van der Waals surface area contributed by atoms with Crippen molar-refractivity contribution in [3.63, 3.8) is 0 Å². The molecule has 4 heterocycles. The van der Waals surface area contributed by atoms with Crippen molar-refractivity contribution in [2.45, 2.75) is 19.4 Å². The summed E-state index contributed by atoms with van der Waals surface area (Å²) in [5.41, 5.74) is 1.89. The van der Waals surface area contributed by atoms with Crippen molar-refractivity contribution in [1.29, 1.82) is 0 Å². The topological polar surface area (TPSA) is 103 Å². The highest BCUT2D eigenvalue weighted by Gasteiger charge is 2.30. The number of nitrogens with zero attached hydrogens (tertiary/aromatic N) is 3. The van der Waals surface area contributed by atoms with Crippen LogP contribution >= 0.6 is 0 Å². The molecule has 4 rings (SSSR count). The van der Waals surface area contributed by atoms with Crippen molar-refractivity contribution in [2.24, 2.45) is 7.05 Å². The van der Waals surface area contributed by atoms with Gasteiger partial charge in [-0.1, -0.05) is 6.07 Å². The van der Waals surface area contributed by atoms with E-state index in [4.69, 9.17) is 0 Å². The number of aryl methyl sites for hydroxylation is 2. The summed E-state index contributed by atoms with van der Waals surface area (Å²) >= 11 is 0. The quantitative estimate of drug-likeness (QED) is 0.700. The van der Waals surface area contributed by atoms with E-state index in [-0.39, 0.29) is 22.8 Å². The van der Waals surface area contributed by atoms with Gasteiger partial charge in [0.25, 0.3) is 11.5 Å². The van der Waals surface area contributed by atoms with E-state index in [9.17, 15) is 18.0 Å². The molecule has 1 amide bonds. The second-order valence-corrected chi connectivity index (χ2v) is 8.98. The third-order valence-electron chi connectivity index (χ3n) is 4.75. The van der Waals surface area contributed by atoms with Crippen LogP contribution in [0.2, 0.25) is 0 Å². The van der Waals surface area contributed by atoms with Gasteiger partial charge in [-0.2, -0.15) is 0 Å². The van der Waals surface area contributed by atoms with Crippen LogP contribution in [0.15, 0.2) is 29.2 Å². The molecule has 0 bridgehead atoms. The Bertz CT molecular complexity index is 1220. The van der Waals surface area contributed by atoms with Crippen molar-refractivity contribution in [3.8, 4) is 0 Å². The largest absolute Gasteiger partial charge is 0.347 e. The van der Waals surface area contributed by atoms with E-state index in [0.29, 0.717) is 23.1 Å². The molecule has 1 aliphatic heterocycles. The van der Waals surface area contributed by atoms with Crippen molar-refractivity contribution in [2.75, 3.05) is 11.5 Å². The van der Waals surface area contributed by atoms with Crippen molar-refractivity contribution >= 4 is 32.4 Å². The number of fused-ring (bicyclic) bond motifs is 2. The first-order chi connectivity index (χ1) is 12.2. The Balaban J connectivity index is 1.78. The van der Waals surface area contributed by atoms with E-state index in [2.05, 4.69) is 10.3 Å². The van der Waals surface area contributed by atoms with Gasteiger partial charge in [-0.3, -0.25) is 14.0 Å². The van der Waals surface area contributed by atoms with E-state index >= 15 is 0 Å². The number of aromatic nitrogens is 3. The lowest BCUT2D eigenvalue weighted by Crippen LogP contribution is -2.36. The molecule has 26 heavy (non-hydrogen) atoms. The molecule has 1 fully saturated rings.